The monoisotopic (exact) mass is 291 g/mol. The van der Waals surface area contributed by atoms with Crippen molar-refractivity contribution in [3.63, 3.8) is 0 Å². The molecule has 0 aromatic heterocycles. The fraction of sp³-hybridized carbons (Fsp3) is 0.500. The van der Waals surface area contributed by atoms with Crippen molar-refractivity contribution in [2.75, 3.05) is 12.4 Å². The molecule has 0 heterocycles. The number of carbonyl (C=O) groups is 2. The Morgan fingerprint density at radius 2 is 1.86 bits per heavy atom. The number of carboxylic acid groups (broad SMARTS) is 1. The molecule has 0 bridgehead atoms. The first-order valence-corrected chi connectivity index (χ1v) is 7.34. The van der Waals surface area contributed by atoms with E-state index >= 15 is 0 Å². The Morgan fingerprint density at radius 3 is 2.43 bits per heavy atom. The summed E-state index contributed by atoms with van der Waals surface area (Å²) in [5, 5.41) is 11.9. The molecular weight excluding hydrogens is 270 g/mol. The molecule has 0 saturated heterocycles. The van der Waals surface area contributed by atoms with Gasteiger partial charge in [0.05, 0.1) is 18.4 Å². The van der Waals surface area contributed by atoms with Crippen LogP contribution in [0.3, 0.4) is 0 Å². The first-order valence-electron chi connectivity index (χ1n) is 7.34. The molecule has 0 spiro atoms. The van der Waals surface area contributed by atoms with Crippen molar-refractivity contribution in [2.45, 2.75) is 38.5 Å². The molecule has 114 valence electrons. The topological polar surface area (TPSA) is 75.6 Å². The second kappa shape index (κ2) is 7.11. The second-order valence-electron chi connectivity index (χ2n) is 5.40. The average Bonchev–Trinajstić information content (AvgIpc) is 2.76. The SMILES string of the molecule is COc1ccc(C(=O)O)cc1NC(=O)C1CCCCCC1. The van der Waals surface area contributed by atoms with Gasteiger partial charge < -0.3 is 15.2 Å². The summed E-state index contributed by atoms with van der Waals surface area (Å²) in [4.78, 5) is 23.4. The lowest BCUT2D eigenvalue weighted by Crippen LogP contribution is -2.22. The minimum Gasteiger partial charge on any atom is -0.495 e. The fourth-order valence-electron chi connectivity index (χ4n) is 2.72. The van der Waals surface area contributed by atoms with Crippen LogP contribution in [0.25, 0.3) is 0 Å². The Morgan fingerprint density at radius 1 is 1.19 bits per heavy atom. The highest BCUT2D eigenvalue weighted by Gasteiger charge is 2.21. The van der Waals surface area contributed by atoms with Gasteiger partial charge in [-0.05, 0) is 31.0 Å². The molecule has 1 aromatic rings. The molecule has 1 aliphatic rings. The molecule has 2 N–H and O–H groups in total. The number of aromatic carboxylic acids is 1. The molecule has 5 nitrogen and oxygen atoms in total. The summed E-state index contributed by atoms with van der Waals surface area (Å²) in [7, 11) is 1.50. The molecule has 5 heteroatoms. The van der Waals surface area contributed by atoms with Crippen LogP contribution < -0.4 is 10.1 Å². The number of methoxy groups -OCH3 is 1. The van der Waals surface area contributed by atoms with E-state index in [4.69, 9.17) is 9.84 Å². The highest BCUT2D eigenvalue weighted by molar-refractivity contribution is 5.96. The number of anilines is 1. The maximum atomic E-state index is 12.4. The third-order valence-corrected chi connectivity index (χ3v) is 3.93. The van der Waals surface area contributed by atoms with E-state index in [1.165, 1.54) is 32.1 Å². The zero-order chi connectivity index (χ0) is 15.2. The Labute approximate surface area is 124 Å². The predicted molar refractivity (Wildman–Crippen MR) is 79.8 cm³/mol. The molecule has 1 fully saturated rings. The van der Waals surface area contributed by atoms with E-state index in [0.29, 0.717) is 11.4 Å². The average molecular weight is 291 g/mol. The number of benzene rings is 1. The third kappa shape index (κ3) is 3.97. The summed E-state index contributed by atoms with van der Waals surface area (Å²) >= 11 is 0. The number of carboxylic acids is 1. The van der Waals surface area contributed by atoms with Crippen molar-refractivity contribution in [1.29, 1.82) is 0 Å². The van der Waals surface area contributed by atoms with Gasteiger partial charge in [0.25, 0.3) is 0 Å². The van der Waals surface area contributed by atoms with Gasteiger partial charge in [0.2, 0.25) is 5.91 Å². The summed E-state index contributed by atoms with van der Waals surface area (Å²) < 4.78 is 5.19. The molecule has 0 unspecified atom stereocenters. The van der Waals surface area contributed by atoms with Crippen molar-refractivity contribution in [1.82, 2.24) is 0 Å². The molecule has 0 radical (unpaired) electrons. The molecule has 2 rings (SSSR count). The van der Waals surface area contributed by atoms with Gasteiger partial charge in [-0.15, -0.1) is 0 Å². The standard InChI is InChI=1S/C16H21NO4/c1-21-14-9-8-12(16(19)20)10-13(14)17-15(18)11-6-4-2-3-5-7-11/h8-11H,2-7H2,1H3,(H,17,18)(H,19,20). The zero-order valence-corrected chi connectivity index (χ0v) is 12.2. The molecular formula is C16H21NO4. The smallest absolute Gasteiger partial charge is 0.335 e. The largest absolute Gasteiger partial charge is 0.495 e. The zero-order valence-electron chi connectivity index (χ0n) is 12.2. The number of hydrogen-bond donors (Lipinski definition) is 2. The van der Waals surface area contributed by atoms with Crippen molar-refractivity contribution < 1.29 is 19.4 Å². The Balaban J connectivity index is 2.14. The minimum atomic E-state index is -1.03. The van der Waals surface area contributed by atoms with Gasteiger partial charge in [-0.2, -0.15) is 0 Å². The van der Waals surface area contributed by atoms with Crippen molar-refractivity contribution >= 4 is 17.6 Å². The normalized spacial score (nSPS) is 16.0. The van der Waals surface area contributed by atoms with Gasteiger partial charge >= 0.3 is 5.97 Å². The van der Waals surface area contributed by atoms with Crippen molar-refractivity contribution in [3.8, 4) is 5.75 Å². The van der Waals surface area contributed by atoms with Gasteiger partial charge in [0, 0.05) is 5.92 Å². The predicted octanol–water partition coefficient (Wildman–Crippen LogP) is 3.30. The van der Waals surface area contributed by atoms with Crippen LogP contribution in [-0.4, -0.2) is 24.1 Å². The highest BCUT2D eigenvalue weighted by Crippen LogP contribution is 2.28. The third-order valence-electron chi connectivity index (χ3n) is 3.93. The minimum absolute atomic E-state index is 0.00527. The molecule has 21 heavy (non-hydrogen) atoms. The molecule has 1 aliphatic carbocycles. The van der Waals surface area contributed by atoms with E-state index < -0.39 is 5.97 Å². The lowest BCUT2D eigenvalue weighted by Gasteiger charge is -2.16. The summed E-state index contributed by atoms with van der Waals surface area (Å²) in [5.41, 5.74) is 0.554. The van der Waals surface area contributed by atoms with Crippen LogP contribution in [0.5, 0.6) is 5.75 Å². The molecule has 0 atom stereocenters. The number of ether oxygens (including phenoxy) is 1. The highest BCUT2D eigenvalue weighted by atomic mass is 16.5. The van der Waals surface area contributed by atoms with E-state index in [2.05, 4.69) is 5.32 Å². The van der Waals surface area contributed by atoms with Gasteiger partial charge in [-0.3, -0.25) is 4.79 Å². The van der Waals surface area contributed by atoms with Gasteiger partial charge in [-0.25, -0.2) is 4.79 Å². The summed E-state index contributed by atoms with van der Waals surface area (Å²) in [5.74, 6) is -0.590. The van der Waals surface area contributed by atoms with Crippen LogP contribution in [0.2, 0.25) is 0 Å². The van der Waals surface area contributed by atoms with Gasteiger partial charge in [0.1, 0.15) is 5.75 Å². The Hall–Kier alpha value is -2.04. The summed E-state index contributed by atoms with van der Waals surface area (Å²) in [6.45, 7) is 0. The lowest BCUT2D eigenvalue weighted by molar-refractivity contribution is -0.120. The van der Waals surface area contributed by atoms with Crippen molar-refractivity contribution in [3.05, 3.63) is 23.8 Å². The molecule has 0 aliphatic heterocycles. The molecule has 1 aromatic carbocycles. The summed E-state index contributed by atoms with van der Waals surface area (Å²) in [6, 6.07) is 4.46. The Bertz CT molecular complexity index is 519. The van der Waals surface area contributed by atoms with Crippen LogP contribution >= 0.6 is 0 Å². The van der Waals surface area contributed by atoms with Crippen LogP contribution in [0.15, 0.2) is 18.2 Å². The number of hydrogen-bond acceptors (Lipinski definition) is 3. The van der Waals surface area contributed by atoms with Gasteiger partial charge in [-0.1, -0.05) is 25.7 Å². The maximum absolute atomic E-state index is 12.4. The van der Waals surface area contributed by atoms with E-state index in [0.717, 1.165) is 25.7 Å². The molecule has 1 amide bonds. The number of carbonyl (C=O) groups excluding carboxylic acids is 1. The van der Waals surface area contributed by atoms with E-state index in [1.807, 2.05) is 0 Å². The first kappa shape index (κ1) is 15.4. The van der Waals surface area contributed by atoms with E-state index in [1.54, 1.807) is 6.07 Å². The van der Waals surface area contributed by atoms with E-state index in [9.17, 15) is 9.59 Å². The fourth-order valence-corrected chi connectivity index (χ4v) is 2.72. The molecule has 1 saturated carbocycles. The number of rotatable bonds is 4. The van der Waals surface area contributed by atoms with Gasteiger partial charge in [0.15, 0.2) is 0 Å². The lowest BCUT2D eigenvalue weighted by atomic mass is 9.99. The van der Waals surface area contributed by atoms with E-state index in [-0.39, 0.29) is 17.4 Å². The number of amides is 1. The number of nitrogens with one attached hydrogen (secondary N) is 1. The maximum Gasteiger partial charge on any atom is 0.335 e. The summed E-state index contributed by atoms with van der Waals surface area (Å²) in [6.07, 6.45) is 6.30. The van der Waals surface area contributed by atoms with Crippen LogP contribution in [0, 0.1) is 5.92 Å². The second-order valence-corrected chi connectivity index (χ2v) is 5.40. The first-order chi connectivity index (χ1) is 10.1. The van der Waals surface area contributed by atoms with Crippen LogP contribution in [0.4, 0.5) is 5.69 Å². The van der Waals surface area contributed by atoms with Crippen LogP contribution in [-0.2, 0) is 4.79 Å². The van der Waals surface area contributed by atoms with Crippen molar-refractivity contribution in [2.24, 2.45) is 5.92 Å². The van der Waals surface area contributed by atoms with Crippen LogP contribution in [0.1, 0.15) is 48.9 Å². The quantitative estimate of drug-likeness (QED) is 0.835. The Kier molecular flexibility index (Phi) is 5.20.